The number of hydrogen-bond acceptors (Lipinski definition) is 4. The quantitative estimate of drug-likeness (QED) is 0.157. The second-order valence-corrected chi connectivity index (χ2v) is 9.04. The van der Waals surface area contributed by atoms with Crippen LogP contribution in [0.1, 0.15) is 30.0 Å². The second-order valence-electron chi connectivity index (χ2n) is 7.82. The van der Waals surface area contributed by atoms with E-state index in [1.807, 2.05) is 43.3 Å². The average Bonchev–Trinajstić information content (AvgIpc) is 2.87. The molecule has 0 heterocycles. The van der Waals surface area contributed by atoms with Crippen LogP contribution in [-0.2, 0) is 17.8 Å². The molecule has 0 saturated carbocycles. The van der Waals surface area contributed by atoms with Gasteiger partial charge in [0.05, 0.1) is 21.7 Å². The van der Waals surface area contributed by atoms with E-state index in [2.05, 4.69) is 5.32 Å². The molecule has 1 amide bonds. The summed E-state index contributed by atoms with van der Waals surface area (Å²) in [5.41, 5.74) is 2.52. The van der Waals surface area contributed by atoms with Gasteiger partial charge in [-0.2, -0.15) is 5.26 Å². The smallest absolute Gasteiger partial charge is 0.261 e. The van der Waals surface area contributed by atoms with Gasteiger partial charge in [-0.1, -0.05) is 71.2 Å². The van der Waals surface area contributed by atoms with Crippen molar-refractivity contribution >= 4 is 46.8 Å². The third kappa shape index (κ3) is 7.93. The lowest BCUT2D eigenvalue weighted by Gasteiger charge is -2.15. The van der Waals surface area contributed by atoms with Crippen LogP contribution in [0.25, 0.3) is 6.08 Å². The van der Waals surface area contributed by atoms with Crippen molar-refractivity contribution < 1.29 is 14.3 Å². The summed E-state index contributed by atoms with van der Waals surface area (Å²) < 4.78 is 11.6. The van der Waals surface area contributed by atoms with Crippen LogP contribution in [0, 0.1) is 11.3 Å². The lowest BCUT2D eigenvalue weighted by molar-refractivity contribution is -0.117. The Labute approximate surface area is 226 Å². The zero-order valence-electron chi connectivity index (χ0n) is 19.7. The Morgan fingerprint density at radius 1 is 0.972 bits per heavy atom. The van der Waals surface area contributed by atoms with E-state index >= 15 is 0 Å². The molecule has 8 heteroatoms. The van der Waals surface area contributed by atoms with Crippen LogP contribution >= 0.6 is 34.8 Å². The first kappa shape index (κ1) is 27.4. The second kappa shape index (κ2) is 13.8. The molecule has 0 aliphatic heterocycles. The number of nitrogens with zero attached hydrogens (tertiary/aromatic N) is 1. The summed E-state index contributed by atoms with van der Waals surface area (Å²) in [6, 6.07) is 20.5. The SMILES string of the molecule is CCOc1cc(/C=C(/C#N)C(=O)NCCCc2ccccc2)cc(Cl)c1OCc1ccc(Cl)c(Cl)c1. The minimum Gasteiger partial charge on any atom is -0.490 e. The van der Waals surface area contributed by atoms with Gasteiger partial charge < -0.3 is 14.8 Å². The number of carbonyl (C=O) groups excluding carboxylic acids is 1. The Kier molecular flexibility index (Phi) is 10.5. The Morgan fingerprint density at radius 3 is 2.44 bits per heavy atom. The highest BCUT2D eigenvalue weighted by Crippen LogP contribution is 2.38. The third-order valence-electron chi connectivity index (χ3n) is 5.15. The van der Waals surface area contributed by atoms with Gasteiger partial charge in [-0.25, -0.2) is 0 Å². The topological polar surface area (TPSA) is 71.3 Å². The highest BCUT2D eigenvalue weighted by atomic mass is 35.5. The normalized spacial score (nSPS) is 11.0. The molecular formula is C28H25Cl3N2O3. The van der Waals surface area contributed by atoms with E-state index < -0.39 is 5.91 Å². The number of aryl methyl sites for hydroxylation is 1. The van der Waals surface area contributed by atoms with Gasteiger partial charge in [0.1, 0.15) is 18.2 Å². The fourth-order valence-electron chi connectivity index (χ4n) is 3.41. The molecule has 0 saturated heterocycles. The molecule has 0 aliphatic rings. The molecule has 3 rings (SSSR count). The van der Waals surface area contributed by atoms with Crippen LogP contribution in [-0.4, -0.2) is 19.1 Å². The number of ether oxygens (including phenoxy) is 2. The summed E-state index contributed by atoms with van der Waals surface area (Å²) in [5, 5.41) is 13.5. The maximum Gasteiger partial charge on any atom is 0.261 e. The van der Waals surface area contributed by atoms with Crippen LogP contribution in [0.5, 0.6) is 11.5 Å². The molecule has 0 bridgehead atoms. The van der Waals surface area contributed by atoms with Gasteiger partial charge in [0.15, 0.2) is 11.5 Å². The minimum absolute atomic E-state index is 0.0299. The van der Waals surface area contributed by atoms with E-state index in [0.29, 0.717) is 40.3 Å². The number of hydrogen-bond donors (Lipinski definition) is 1. The first-order chi connectivity index (χ1) is 17.4. The van der Waals surface area contributed by atoms with Gasteiger partial charge in [0, 0.05) is 6.54 Å². The maximum atomic E-state index is 12.6. The van der Waals surface area contributed by atoms with Gasteiger partial charge in [0.25, 0.3) is 5.91 Å². The molecule has 0 atom stereocenters. The average molecular weight is 544 g/mol. The summed E-state index contributed by atoms with van der Waals surface area (Å²) in [6.45, 7) is 2.86. The van der Waals surface area contributed by atoms with E-state index in [0.717, 1.165) is 18.4 Å². The van der Waals surface area contributed by atoms with E-state index in [4.69, 9.17) is 44.3 Å². The summed E-state index contributed by atoms with van der Waals surface area (Å²) in [7, 11) is 0. The number of carbonyl (C=O) groups is 1. The molecule has 0 unspecified atom stereocenters. The van der Waals surface area contributed by atoms with Crippen molar-refractivity contribution in [2.45, 2.75) is 26.4 Å². The van der Waals surface area contributed by atoms with Crippen LogP contribution < -0.4 is 14.8 Å². The van der Waals surface area contributed by atoms with Crippen molar-refractivity contribution in [3.63, 3.8) is 0 Å². The number of amides is 1. The van der Waals surface area contributed by atoms with Gasteiger partial charge in [-0.15, -0.1) is 0 Å². The highest BCUT2D eigenvalue weighted by molar-refractivity contribution is 6.42. The van der Waals surface area contributed by atoms with E-state index in [-0.39, 0.29) is 17.2 Å². The Bertz CT molecular complexity index is 1270. The maximum absolute atomic E-state index is 12.6. The van der Waals surface area contributed by atoms with Crippen LogP contribution in [0.4, 0.5) is 0 Å². The number of rotatable bonds is 11. The number of benzene rings is 3. The Morgan fingerprint density at radius 2 is 1.75 bits per heavy atom. The van der Waals surface area contributed by atoms with E-state index in [1.165, 1.54) is 11.6 Å². The van der Waals surface area contributed by atoms with Crippen molar-refractivity contribution in [3.05, 3.63) is 98.0 Å². The number of nitrogens with one attached hydrogen (secondary N) is 1. The van der Waals surface area contributed by atoms with Crippen molar-refractivity contribution in [1.29, 1.82) is 5.26 Å². The van der Waals surface area contributed by atoms with Crippen LogP contribution in [0.2, 0.25) is 15.1 Å². The third-order valence-corrected chi connectivity index (χ3v) is 6.17. The molecule has 0 fully saturated rings. The van der Waals surface area contributed by atoms with Crippen molar-refractivity contribution in [2.75, 3.05) is 13.2 Å². The largest absolute Gasteiger partial charge is 0.490 e. The number of nitriles is 1. The summed E-state index contributed by atoms with van der Waals surface area (Å²) in [4.78, 5) is 12.6. The first-order valence-electron chi connectivity index (χ1n) is 11.4. The van der Waals surface area contributed by atoms with Crippen molar-refractivity contribution in [1.82, 2.24) is 5.32 Å². The summed E-state index contributed by atoms with van der Waals surface area (Å²) in [6.07, 6.45) is 3.08. The van der Waals surface area contributed by atoms with Gasteiger partial charge >= 0.3 is 0 Å². The predicted molar refractivity (Wildman–Crippen MR) is 145 cm³/mol. The minimum atomic E-state index is -0.445. The molecular weight excluding hydrogens is 519 g/mol. The molecule has 0 spiro atoms. The Balaban J connectivity index is 1.69. The van der Waals surface area contributed by atoms with Gasteiger partial charge in [-0.05, 0) is 66.8 Å². The van der Waals surface area contributed by atoms with Gasteiger partial charge in [0.2, 0.25) is 0 Å². The molecule has 186 valence electrons. The summed E-state index contributed by atoms with van der Waals surface area (Å²) >= 11 is 18.5. The number of halogens is 3. The van der Waals surface area contributed by atoms with Gasteiger partial charge in [-0.3, -0.25) is 4.79 Å². The van der Waals surface area contributed by atoms with E-state index in [9.17, 15) is 10.1 Å². The molecule has 0 aliphatic carbocycles. The van der Waals surface area contributed by atoms with Crippen molar-refractivity contribution in [3.8, 4) is 17.6 Å². The van der Waals surface area contributed by atoms with Crippen molar-refractivity contribution in [2.24, 2.45) is 0 Å². The fourth-order valence-corrected chi connectivity index (χ4v) is 4.00. The fraction of sp³-hybridized carbons (Fsp3) is 0.214. The zero-order chi connectivity index (χ0) is 25.9. The van der Waals surface area contributed by atoms with Crippen LogP contribution in [0.3, 0.4) is 0 Å². The van der Waals surface area contributed by atoms with E-state index in [1.54, 1.807) is 30.3 Å². The molecule has 1 N–H and O–H groups in total. The van der Waals surface area contributed by atoms with Crippen LogP contribution in [0.15, 0.2) is 66.2 Å². The lowest BCUT2D eigenvalue weighted by atomic mass is 10.1. The molecule has 3 aromatic rings. The lowest BCUT2D eigenvalue weighted by Crippen LogP contribution is -2.25. The first-order valence-corrected chi connectivity index (χ1v) is 12.5. The molecule has 0 radical (unpaired) electrons. The molecule has 3 aromatic carbocycles. The molecule has 36 heavy (non-hydrogen) atoms. The Hall–Kier alpha value is -3.17. The highest BCUT2D eigenvalue weighted by Gasteiger charge is 2.15. The standard InChI is InChI=1S/C28H25Cl3N2O3/c1-2-35-26-16-21(15-25(31)27(26)36-18-20-10-11-23(29)24(30)14-20)13-22(17-32)28(34)33-12-6-9-19-7-4-3-5-8-19/h3-5,7-8,10-11,13-16H,2,6,9,12,18H2,1H3,(H,33,34)/b22-13-. The monoisotopic (exact) mass is 542 g/mol. The molecule has 0 aromatic heterocycles. The predicted octanol–water partition coefficient (Wildman–Crippen LogP) is 7.28. The molecule has 5 nitrogen and oxygen atoms in total. The zero-order valence-corrected chi connectivity index (χ0v) is 22.0. The summed E-state index contributed by atoms with van der Waals surface area (Å²) in [5.74, 6) is 0.307.